The number of hydrogen-bond acceptors (Lipinski definition) is 4. The van der Waals surface area contributed by atoms with Crippen molar-refractivity contribution in [3.63, 3.8) is 0 Å². The van der Waals surface area contributed by atoms with Gasteiger partial charge in [0.1, 0.15) is 0 Å². The summed E-state index contributed by atoms with van der Waals surface area (Å²) < 4.78 is 1.29. The van der Waals surface area contributed by atoms with Crippen LogP contribution < -0.4 is 10.9 Å². The van der Waals surface area contributed by atoms with Gasteiger partial charge >= 0.3 is 0 Å². The van der Waals surface area contributed by atoms with E-state index in [4.69, 9.17) is 0 Å². The van der Waals surface area contributed by atoms with Crippen LogP contribution in [0.15, 0.2) is 89.7 Å². The van der Waals surface area contributed by atoms with Crippen molar-refractivity contribution >= 4 is 16.7 Å². The molecule has 1 amide bonds. The maximum Gasteiger partial charge on any atom is 0.279 e. The van der Waals surface area contributed by atoms with Gasteiger partial charge in [-0.15, -0.1) is 0 Å². The zero-order valence-corrected chi connectivity index (χ0v) is 17.5. The number of nitrogens with zero attached hydrogens (tertiary/aromatic N) is 3. The number of rotatable bonds is 6. The van der Waals surface area contributed by atoms with Crippen molar-refractivity contribution in [1.82, 2.24) is 20.0 Å². The Morgan fingerprint density at radius 3 is 2.13 bits per heavy atom. The minimum atomic E-state index is -0.323. The highest BCUT2D eigenvalue weighted by atomic mass is 16.2. The van der Waals surface area contributed by atoms with E-state index in [0.717, 1.165) is 5.56 Å². The Kier molecular flexibility index (Phi) is 5.91. The molecule has 156 valence electrons. The summed E-state index contributed by atoms with van der Waals surface area (Å²) >= 11 is 0. The lowest BCUT2D eigenvalue weighted by Crippen LogP contribution is -2.37. The summed E-state index contributed by atoms with van der Waals surface area (Å²) in [6.07, 6.45) is 0. The fourth-order valence-corrected chi connectivity index (χ4v) is 3.61. The van der Waals surface area contributed by atoms with E-state index in [1.54, 1.807) is 30.3 Å². The molecule has 0 spiro atoms. The maximum atomic E-state index is 13.4. The van der Waals surface area contributed by atoms with E-state index >= 15 is 0 Å². The Morgan fingerprint density at radius 1 is 0.903 bits per heavy atom. The predicted molar refractivity (Wildman–Crippen MR) is 123 cm³/mol. The Morgan fingerprint density at radius 2 is 1.48 bits per heavy atom. The number of carbonyl (C=O) groups is 1. The molecule has 3 aromatic carbocycles. The van der Waals surface area contributed by atoms with Crippen molar-refractivity contribution in [3.8, 4) is 5.69 Å². The summed E-state index contributed by atoms with van der Waals surface area (Å²) in [5.41, 5.74) is 1.58. The minimum Gasteiger partial charge on any atom is -0.343 e. The standard InChI is InChI=1S/C25H24N4O2/c1-28(2)17-22(18-11-5-3-6-12-18)26-24(30)23-20-15-9-10-16-21(20)25(31)29(27-23)19-13-7-4-8-14-19/h3-16,22H,17H2,1-2H3,(H,26,30)/t22-/m1/s1. The third kappa shape index (κ3) is 4.39. The highest BCUT2D eigenvalue weighted by molar-refractivity contribution is 6.05. The van der Waals surface area contributed by atoms with Gasteiger partial charge < -0.3 is 10.2 Å². The van der Waals surface area contributed by atoms with Crippen LogP contribution in [-0.4, -0.2) is 41.2 Å². The number of hydrogen-bond donors (Lipinski definition) is 1. The van der Waals surface area contributed by atoms with Crippen LogP contribution in [0, 0.1) is 0 Å². The molecule has 0 saturated carbocycles. The van der Waals surface area contributed by atoms with Crippen LogP contribution in [-0.2, 0) is 0 Å². The molecule has 0 unspecified atom stereocenters. The van der Waals surface area contributed by atoms with Crippen LogP contribution in [0.25, 0.3) is 16.5 Å². The predicted octanol–water partition coefficient (Wildman–Crippen LogP) is 3.42. The monoisotopic (exact) mass is 412 g/mol. The lowest BCUT2D eigenvalue weighted by molar-refractivity contribution is 0.0925. The van der Waals surface area contributed by atoms with Crippen LogP contribution in [0.5, 0.6) is 0 Å². The molecule has 0 radical (unpaired) electrons. The van der Waals surface area contributed by atoms with Gasteiger partial charge in [0.05, 0.1) is 17.1 Å². The molecule has 1 N–H and O–H groups in total. The lowest BCUT2D eigenvalue weighted by Gasteiger charge is -2.23. The van der Waals surface area contributed by atoms with Crippen molar-refractivity contribution in [2.24, 2.45) is 0 Å². The van der Waals surface area contributed by atoms with Crippen LogP contribution >= 0.6 is 0 Å². The molecule has 1 heterocycles. The van der Waals surface area contributed by atoms with Gasteiger partial charge in [0, 0.05) is 11.9 Å². The van der Waals surface area contributed by atoms with Crippen LogP contribution in [0.3, 0.4) is 0 Å². The molecule has 31 heavy (non-hydrogen) atoms. The second-order valence-electron chi connectivity index (χ2n) is 7.65. The summed E-state index contributed by atoms with van der Waals surface area (Å²) in [6.45, 7) is 0.631. The maximum absolute atomic E-state index is 13.4. The minimum absolute atomic E-state index is 0.221. The van der Waals surface area contributed by atoms with Crippen molar-refractivity contribution in [3.05, 3.63) is 107 Å². The normalized spacial score (nSPS) is 12.1. The quantitative estimate of drug-likeness (QED) is 0.527. The highest BCUT2D eigenvalue weighted by Gasteiger charge is 2.21. The number of amides is 1. The second-order valence-corrected chi connectivity index (χ2v) is 7.65. The number of aromatic nitrogens is 2. The molecule has 0 fully saturated rings. The molecule has 0 aliphatic heterocycles. The first kappa shape index (κ1) is 20.5. The summed E-state index contributed by atoms with van der Waals surface area (Å²) in [7, 11) is 3.93. The zero-order chi connectivity index (χ0) is 21.8. The number of carbonyl (C=O) groups excluding carboxylic acids is 1. The zero-order valence-electron chi connectivity index (χ0n) is 17.5. The topological polar surface area (TPSA) is 67.2 Å². The van der Waals surface area contributed by atoms with Gasteiger partial charge in [0.15, 0.2) is 5.69 Å². The van der Waals surface area contributed by atoms with E-state index in [2.05, 4.69) is 10.4 Å². The molecular formula is C25H24N4O2. The van der Waals surface area contributed by atoms with Crippen molar-refractivity contribution in [2.45, 2.75) is 6.04 Å². The van der Waals surface area contributed by atoms with E-state index in [-0.39, 0.29) is 23.2 Å². The average Bonchev–Trinajstić information content (AvgIpc) is 2.80. The molecule has 4 rings (SSSR count). The Hall–Kier alpha value is -3.77. The number of benzene rings is 3. The number of fused-ring (bicyclic) bond motifs is 1. The van der Waals surface area contributed by atoms with Gasteiger partial charge in [-0.3, -0.25) is 9.59 Å². The first-order chi connectivity index (χ1) is 15.0. The van der Waals surface area contributed by atoms with E-state index in [1.807, 2.05) is 73.6 Å². The molecule has 0 aliphatic rings. The molecule has 4 aromatic rings. The van der Waals surface area contributed by atoms with E-state index in [1.165, 1.54) is 4.68 Å². The smallest absolute Gasteiger partial charge is 0.279 e. The molecule has 0 saturated heterocycles. The third-order valence-corrected chi connectivity index (χ3v) is 5.08. The Bertz CT molecular complexity index is 1250. The summed E-state index contributed by atoms with van der Waals surface area (Å²) in [5.74, 6) is -0.323. The number of likely N-dealkylation sites (N-methyl/N-ethyl adjacent to an activating group) is 1. The molecule has 6 heteroatoms. The average molecular weight is 412 g/mol. The van der Waals surface area contributed by atoms with Crippen LogP contribution in [0.2, 0.25) is 0 Å². The van der Waals surface area contributed by atoms with Gasteiger partial charge in [-0.05, 0) is 37.9 Å². The van der Waals surface area contributed by atoms with Gasteiger partial charge in [-0.1, -0.05) is 66.7 Å². The molecule has 1 aromatic heterocycles. The number of para-hydroxylation sites is 1. The molecular weight excluding hydrogens is 388 g/mol. The summed E-state index contributed by atoms with van der Waals surface area (Å²) in [6, 6.07) is 25.8. The first-order valence-electron chi connectivity index (χ1n) is 10.1. The lowest BCUT2D eigenvalue weighted by atomic mass is 10.1. The van der Waals surface area contributed by atoms with Crippen molar-refractivity contribution in [2.75, 3.05) is 20.6 Å². The summed E-state index contributed by atoms with van der Waals surface area (Å²) in [4.78, 5) is 28.5. The Labute approximate surface area is 180 Å². The SMILES string of the molecule is CN(C)C[C@@H](NC(=O)c1nn(-c2ccccc2)c(=O)c2ccccc12)c1ccccc1. The van der Waals surface area contributed by atoms with Crippen molar-refractivity contribution in [1.29, 1.82) is 0 Å². The van der Waals surface area contributed by atoms with E-state index in [0.29, 0.717) is 23.0 Å². The van der Waals surface area contributed by atoms with Crippen LogP contribution in [0.1, 0.15) is 22.1 Å². The molecule has 1 atom stereocenters. The largest absolute Gasteiger partial charge is 0.343 e. The molecule has 6 nitrogen and oxygen atoms in total. The fourth-order valence-electron chi connectivity index (χ4n) is 3.61. The van der Waals surface area contributed by atoms with Crippen LogP contribution in [0.4, 0.5) is 0 Å². The van der Waals surface area contributed by atoms with E-state index in [9.17, 15) is 9.59 Å². The van der Waals surface area contributed by atoms with Gasteiger partial charge in [-0.2, -0.15) is 9.78 Å². The third-order valence-electron chi connectivity index (χ3n) is 5.08. The summed E-state index contributed by atoms with van der Waals surface area (Å²) in [5, 5.41) is 8.58. The highest BCUT2D eigenvalue weighted by Crippen LogP contribution is 2.18. The van der Waals surface area contributed by atoms with Gasteiger partial charge in [-0.25, -0.2) is 0 Å². The number of nitrogens with one attached hydrogen (secondary N) is 1. The van der Waals surface area contributed by atoms with E-state index < -0.39 is 0 Å². The first-order valence-corrected chi connectivity index (χ1v) is 10.1. The van der Waals surface area contributed by atoms with Gasteiger partial charge in [0.25, 0.3) is 11.5 Å². The molecule has 0 aliphatic carbocycles. The fraction of sp³-hybridized carbons (Fsp3) is 0.160. The van der Waals surface area contributed by atoms with Crippen molar-refractivity contribution < 1.29 is 4.79 Å². The van der Waals surface area contributed by atoms with Gasteiger partial charge in [0.2, 0.25) is 0 Å². The molecule has 0 bridgehead atoms. The Balaban J connectivity index is 1.80. The second kappa shape index (κ2) is 8.93.